The van der Waals surface area contributed by atoms with Crippen LogP contribution in [-0.4, -0.2) is 42.6 Å². The summed E-state index contributed by atoms with van der Waals surface area (Å²) < 4.78 is 4.53. The van der Waals surface area contributed by atoms with Crippen molar-refractivity contribution < 1.29 is 9.53 Å². The van der Waals surface area contributed by atoms with Crippen LogP contribution in [0.1, 0.15) is 12.0 Å². The van der Waals surface area contributed by atoms with Gasteiger partial charge in [0, 0.05) is 6.42 Å². The molecule has 3 heteroatoms. The average molecular weight is 188 g/mol. The molecule has 13 heavy (non-hydrogen) atoms. The second-order valence-corrected chi connectivity index (χ2v) is 2.56. The summed E-state index contributed by atoms with van der Waals surface area (Å²) >= 11 is 0. The van der Waals surface area contributed by atoms with Crippen molar-refractivity contribution in [1.29, 1.82) is 0 Å². The first kappa shape index (κ1) is 12.7. The third kappa shape index (κ3) is 5.09. The van der Waals surface area contributed by atoms with Gasteiger partial charge in [0.15, 0.2) is 0 Å². The Morgan fingerprint density at radius 2 is 1.92 bits per heavy atom. The van der Waals surface area contributed by atoms with Crippen molar-refractivity contribution in [2.24, 2.45) is 0 Å². The molecule has 2 nitrogen and oxygen atoms in total. The van der Waals surface area contributed by atoms with Crippen molar-refractivity contribution in [1.82, 2.24) is 0 Å². The number of methoxy groups -OCH3 is 1. The van der Waals surface area contributed by atoms with Crippen LogP contribution in [0.15, 0.2) is 30.3 Å². The number of benzene rings is 1. The monoisotopic (exact) mass is 188 g/mol. The van der Waals surface area contributed by atoms with Crippen molar-refractivity contribution in [3.63, 3.8) is 0 Å². The van der Waals surface area contributed by atoms with E-state index in [1.807, 2.05) is 30.3 Å². The maximum absolute atomic E-state index is 10.8. The normalized spacial score (nSPS) is 8.69. The van der Waals surface area contributed by atoms with Crippen LogP contribution in [0, 0.1) is 0 Å². The molecule has 0 aliphatic carbocycles. The molecule has 0 aliphatic heterocycles. The predicted molar refractivity (Wildman–Crippen MR) is 53.9 cm³/mol. The Morgan fingerprint density at radius 1 is 1.31 bits per heavy atom. The number of esters is 1. The minimum atomic E-state index is -0.154. The molecule has 0 bridgehead atoms. The van der Waals surface area contributed by atoms with Crippen LogP contribution in [0.25, 0.3) is 0 Å². The van der Waals surface area contributed by atoms with Gasteiger partial charge in [0.1, 0.15) is 0 Å². The number of aryl methyl sites for hydroxylation is 1. The van der Waals surface area contributed by atoms with E-state index >= 15 is 0 Å². The zero-order valence-electron chi connectivity index (χ0n) is 7.12. The second-order valence-electron chi connectivity index (χ2n) is 2.56. The number of ether oxygens (including phenoxy) is 1. The number of carbonyl (C=O) groups is 1. The van der Waals surface area contributed by atoms with Crippen LogP contribution in [0.3, 0.4) is 0 Å². The predicted octanol–water partition coefficient (Wildman–Crippen LogP) is 1.14. The van der Waals surface area contributed by atoms with E-state index in [1.54, 1.807) is 0 Å². The van der Waals surface area contributed by atoms with Crippen LogP contribution in [-0.2, 0) is 16.0 Å². The molecule has 0 atom stereocenters. The number of hydrogen-bond donors (Lipinski definition) is 0. The Morgan fingerprint density at radius 3 is 2.46 bits per heavy atom. The summed E-state index contributed by atoms with van der Waals surface area (Å²) in [4.78, 5) is 10.8. The van der Waals surface area contributed by atoms with Gasteiger partial charge < -0.3 is 4.74 Å². The van der Waals surface area contributed by atoms with Gasteiger partial charge in [-0.2, -0.15) is 0 Å². The van der Waals surface area contributed by atoms with Crippen LogP contribution in [0.2, 0.25) is 0 Å². The molecule has 0 aromatic heterocycles. The molecule has 0 spiro atoms. The molecule has 0 aliphatic rings. The summed E-state index contributed by atoms with van der Waals surface area (Å²) in [6.45, 7) is 0. The molecule has 0 heterocycles. The van der Waals surface area contributed by atoms with Gasteiger partial charge in [0.2, 0.25) is 0 Å². The fourth-order valence-corrected chi connectivity index (χ4v) is 0.993. The second kappa shape index (κ2) is 7.13. The quantitative estimate of drug-likeness (QED) is 0.525. The third-order valence-corrected chi connectivity index (χ3v) is 1.69. The molecule has 0 fully saturated rings. The van der Waals surface area contributed by atoms with Gasteiger partial charge in [-0.25, -0.2) is 0 Å². The van der Waals surface area contributed by atoms with Crippen LogP contribution in [0.4, 0.5) is 0 Å². The Labute approximate surface area is 101 Å². The summed E-state index contributed by atoms with van der Waals surface area (Å²) in [5.41, 5.74) is 1.17. The molecular weight excluding hydrogens is 175 g/mol. The summed E-state index contributed by atoms with van der Waals surface area (Å²) in [5, 5.41) is 0. The van der Waals surface area contributed by atoms with Crippen LogP contribution < -0.4 is 0 Å². The van der Waals surface area contributed by atoms with Crippen molar-refractivity contribution in [3.05, 3.63) is 35.9 Å². The maximum atomic E-state index is 10.8. The third-order valence-electron chi connectivity index (χ3n) is 1.69. The SMILES string of the molecule is COC(=O)CCc1ccccc1.[NaH]. The van der Waals surface area contributed by atoms with Gasteiger partial charge in [-0.1, -0.05) is 30.3 Å². The van der Waals surface area contributed by atoms with Gasteiger partial charge in [-0.05, 0) is 12.0 Å². The van der Waals surface area contributed by atoms with Gasteiger partial charge in [-0.15, -0.1) is 0 Å². The number of hydrogen-bond acceptors (Lipinski definition) is 2. The molecule has 66 valence electrons. The minimum absolute atomic E-state index is 0. The fraction of sp³-hybridized carbons (Fsp3) is 0.300. The molecule has 0 saturated carbocycles. The topological polar surface area (TPSA) is 26.3 Å². The Bertz CT molecular complexity index is 246. The zero-order valence-corrected chi connectivity index (χ0v) is 7.12. The van der Waals surface area contributed by atoms with Crippen molar-refractivity contribution in [2.45, 2.75) is 12.8 Å². The van der Waals surface area contributed by atoms with E-state index < -0.39 is 0 Å². The average Bonchev–Trinajstić information content (AvgIpc) is 2.16. The van der Waals surface area contributed by atoms with Crippen molar-refractivity contribution >= 4 is 35.5 Å². The van der Waals surface area contributed by atoms with E-state index in [4.69, 9.17) is 0 Å². The summed E-state index contributed by atoms with van der Waals surface area (Å²) in [7, 11) is 1.41. The van der Waals surface area contributed by atoms with Crippen LogP contribution in [0.5, 0.6) is 0 Å². The van der Waals surface area contributed by atoms with E-state index in [0.717, 1.165) is 6.42 Å². The number of carbonyl (C=O) groups excluding carboxylic acids is 1. The molecule has 1 rings (SSSR count). The molecule has 0 amide bonds. The molecule has 0 radical (unpaired) electrons. The summed E-state index contributed by atoms with van der Waals surface area (Å²) in [6, 6.07) is 9.90. The summed E-state index contributed by atoms with van der Waals surface area (Å²) in [6.07, 6.45) is 1.22. The van der Waals surface area contributed by atoms with Gasteiger partial charge in [-0.3, -0.25) is 4.79 Å². The standard InChI is InChI=1S/C10H12O2.Na.H/c1-12-10(11)8-7-9-5-3-2-4-6-9;;/h2-6H,7-8H2,1H3;;. The molecule has 1 aromatic carbocycles. The molecule has 0 N–H and O–H groups in total. The molecule has 1 aromatic rings. The van der Waals surface area contributed by atoms with E-state index in [2.05, 4.69) is 4.74 Å². The Kier molecular flexibility index (Phi) is 6.96. The van der Waals surface area contributed by atoms with E-state index in [9.17, 15) is 4.79 Å². The number of rotatable bonds is 3. The van der Waals surface area contributed by atoms with E-state index in [0.29, 0.717) is 6.42 Å². The van der Waals surface area contributed by atoms with Gasteiger partial charge in [0.25, 0.3) is 0 Å². The van der Waals surface area contributed by atoms with Crippen molar-refractivity contribution in [2.75, 3.05) is 7.11 Å². The Balaban J connectivity index is 0.00000144. The first-order valence-electron chi connectivity index (χ1n) is 3.93. The van der Waals surface area contributed by atoms with E-state index in [-0.39, 0.29) is 35.5 Å². The van der Waals surface area contributed by atoms with Gasteiger partial charge >= 0.3 is 35.5 Å². The molecule has 0 unspecified atom stereocenters. The first-order chi connectivity index (χ1) is 5.83. The van der Waals surface area contributed by atoms with Gasteiger partial charge in [0.05, 0.1) is 7.11 Å². The summed E-state index contributed by atoms with van der Waals surface area (Å²) in [5.74, 6) is -0.154. The van der Waals surface area contributed by atoms with Crippen LogP contribution >= 0.6 is 0 Å². The Hall–Kier alpha value is -0.310. The van der Waals surface area contributed by atoms with E-state index in [1.165, 1.54) is 12.7 Å². The fourth-order valence-electron chi connectivity index (χ4n) is 0.993. The first-order valence-corrected chi connectivity index (χ1v) is 3.93. The van der Waals surface area contributed by atoms with Crippen molar-refractivity contribution in [3.8, 4) is 0 Å². The molecular formula is C10H13NaO2. The molecule has 0 saturated heterocycles. The zero-order chi connectivity index (χ0) is 8.81.